The van der Waals surface area contributed by atoms with Gasteiger partial charge in [0, 0.05) is 24.4 Å². The minimum Gasteiger partial charge on any atom is -0.312 e. The molecule has 27 heavy (non-hydrogen) atoms. The van der Waals surface area contributed by atoms with Crippen molar-refractivity contribution in [3.8, 4) is 0 Å². The molecule has 0 aliphatic carbocycles. The Morgan fingerprint density at radius 3 is 2.93 bits per heavy atom. The van der Waals surface area contributed by atoms with Crippen LogP contribution in [0.3, 0.4) is 0 Å². The summed E-state index contributed by atoms with van der Waals surface area (Å²) >= 11 is 1.57. The highest BCUT2D eigenvalue weighted by atomic mass is 32.2. The third-order valence-electron chi connectivity index (χ3n) is 3.93. The quantitative estimate of drug-likeness (QED) is 0.538. The van der Waals surface area contributed by atoms with Crippen LogP contribution in [0.4, 0.5) is 5.82 Å². The van der Waals surface area contributed by atoms with Crippen LogP contribution in [0.5, 0.6) is 0 Å². The van der Waals surface area contributed by atoms with Crippen LogP contribution in [0.1, 0.15) is 16.1 Å². The van der Waals surface area contributed by atoms with Gasteiger partial charge >= 0.3 is 0 Å². The summed E-state index contributed by atoms with van der Waals surface area (Å²) in [6.07, 6.45) is 3.34. The first-order valence-corrected chi connectivity index (χ1v) is 9.26. The van der Waals surface area contributed by atoms with Gasteiger partial charge in [-0.2, -0.15) is 0 Å². The Morgan fingerprint density at radius 1 is 1.19 bits per heavy atom. The fraction of sp³-hybridized carbons (Fsp3) is 0.105. The third kappa shape index (κ3) is 3.95. The molecule has 3 aromatic heterocycles. The molecule has 0 saturated carbocycles. The van der Waals surface area contributed by atoms with Crippen molar-refractivity contribution in [1.82, 2.24) is 24.7 Å². The van der Waals surface area contributed by atoms with Crippen LogP contribution in [0.15, 0.2) is 66.2 Å². The number of carbonyl (C=O) groups excluding carboxylic acids is 1. The molecule has 0 unspecified atom stereocenters. The number of carbonyl (C=O) groups is 1. The Morgan fingerprint density at radius 2 is 2.07 bits per heavy atom. The minimum absolute atomic E-state index is 0.286. The second-order valence-electron chi connectivity index (χ2n) is 5.91. The van der Waals surface area contributed by atoms with Crippen LogP contribution < -0.4 is 5.32 Å². The van der Waals surface area contributed by atoms with E-state index in [1.54, 1.807) is 30.4 Å². The number of fused-ring (bicyclic) bond motifs is 1. The maximum Gasteiger partial charge on any atom is 0.275 e. The number of aryl methyl sites for hydroxylation is 1. The molecule has 7 nitrogen and oxygen atoms in total. The predicted octanol–water partition coefficient (Wildman–Crippen LogP) is 3.30. The van der Waals surface area contributed by atoms with Gasteiger partial charge in [0.2, 0.25) is 0 Å². The summed E-state index contributed by atoms with van der Waals surface area (Å²) in [4.78, 5) is 21.2. The van der Waals surface area contributed by atoms with Crippen molar-refractivity contribution in [2.75, 3.05) is 5.32 Å². The van der Waals surface area contributed by atoms with Crippen molar-refractivity contribution in [3.63, 3.8) is 0 Å². The number of nitrogens with one attached hydrogen (secondary N) is 1. The number of anilines is 1. The average molecular weight is 376 g/mol. The molecule has 1 N–H and O–H groups in total. The summed E-state index contributed by atoms with van der Waals surface area (Å²) in [5.41, 5.74) is 2.17. The number of amides is 1. The molecule has 4 rings (SSSR count). The smallest absolute Gasteiger partial charge is 0.275 e. The fourth-order valence-corrected chi connectivity index (χ4v) is 3.39. The van der Waals surface area contributed by atoms with Crippen LogP contribution in [0.2, 0.25) is 0 Å². The maximum absolute atomic E-state index is 12.5. The van der Waals surface area contributed by atoms with Gasteiger partial charge in [0.15, 0.2) is 5.16 Å². The van der Waals surface area contributed by atoms with E-state index in [-0.39, 0.29) is 5.91 Å². The minimum atomic E-state index is -0.286. The molecule has 0 fully saturated rings. The standard InChI is InChI=1S/C19H16N6OS/c1-25-12-21-24-19(25)27-11-13-8-9-20-17(10-13)23-18(26)16-7-6-14-4-2-3-5-15(14)22-16/h2-10,12H,11H2,1H3,(H,20,23,26). The topological polar surface area (TPSA) is 85.6 Å². The molecule has 0 radical (unpaired) electrons. The first-order chi connectivity index (χ1) is 13.2. The number of thioether (sulfide) groups is 1. The van der Waals surface area contributed by atoms with Crippen LogP contribution in [0.25, 0.3) is 10.9 Å². The Bertz CT molecular complexity index is 1110. The lowest BCUT2D eigenvalue weighted by Crippen LogP contribution is -2.14. The highest BCUT2D eigenvalue weighted by molar-refractivity contribution is 7.98. The van der Waals surface area contributed by atoms with Gasteiger partial charge in [0.25, 0.3) is 5.91 Å². The molecular weight excluding hydrogens is 360 g/mol. The zero-order valence-electron chi connectivity index (χ0n) is 14.5. The number of hydrogen-bond donors (Lipinski definition) is 1. The highest BCUT2D eigenvalue weighted by Crippen LogP contribution is 2.21. The summed E-state index contributed by atoms with van der Waals surface area (Å²) in [5.74, 6) is 0.906. The summed E-state index contributed by atoms with van der Waals surface area (Å²) in [7, 11) is 1.90. The second-order valence-corrected chi connectivity index (χ2v) is 6.85. The SMILES string of the molecule is Cn1cnnc1SCc1ccnc(NC(=O)c2ccc3ccccc3n2)c1. The molecule has 1 aromatic carbocycles. The van der Waals surface area contributed by atoms with Crippen LogP contribution in [0, 0.1) is 0 Å². The van der Waals surface area contributed by atoms with Gasteiger partial charge in [-0.25, -0.2) is 9.97 Å². The molecule has 0 aliphatic rings. The Labute approximate surface area is 159 Å². The second kappa shape index (κ2) is 7.55. The third-order valence-corrected chi connectivity index (χ3v) is 5.04. The van der Waals surface area contributed by atoms with Crippen molar-refractivity contribution in [3.05, 3.63) is 72.3 Å². The largest absolute Gasteiger partial charge is 0.312 e. The summed E-state index contributed by atoms with van der Waals surface area (Å²) in [5, 5.41) is 12.5. The van der Waals surface area contributed by atoms with Gasteiger partial charge in [-0.05, 0) is 29.8 Å². The lowest BCUT2D eigenvalue weighted by molar-refractivity contribution is 0.102. The van der Waals surface area contributed by atoms with E-state index in [2.05, 4.69) is 25.5 Å². The maximum atomic E-state index is 12.5. The van der Waals surface area contributed by atoms with Crippen molar-refractivity contribution in [2.24, 2.45) is 7.05 Å². The normalized spacial score (nSPS) is 10.9. The molecule has 4 aromatic rings. The number of benzene rings is 1. The van der Waals surface area contributed by atoms with Crippen LogP contribution in [-0.4, -0.2) is 30.6 Å². The van der Waals surface area contributed by atoms with Gasteiger partial charge in [-0.1, -0.05) is 36.0 Å². The van der Waals surface area contributed by atoms with Crippen molar-refractivity contribution in [1.29, 1.82) is 0 Å². The van der Waals surface area contributed by atoms with E-state index in [4.69, 9.17) is 0 Å². The van der Waals surface area contributed by atoms with Gasteiger partial charge in [0.05, 0.1) is 5.52 Å². The predicted molar refractivity (Wildman–Crippen MR) is 104 cm³/mol. The molecule has 134 valence electrons. The van der Waals surface area contributed by atoms with E-state index < -0.39 is 0 Å². The Balaban J connectivity index is 1.46. The van der Waals surface area contributed by atoms with Crippen molar-refractivity contribution >= 4 is 34.4 Å². The number of rotatable bonds is 5. The van der Waals surface area contributed by atoms with E-state index in [9.17, 15) is 4.79 Å². The van der Waals surface area contributed by atoms with E-state index in [1.807, 2.05) is 54.1 Å². The molecule has 0 bridgehead atoms. The van der Waals surface area contributed by atoms with E-state index in [1.165, 1.54) is 0 Å². The zero-order valence-corrected chi connectivity index (χ0v) is 15.3. The summed E-state index contributed by atoms with van der Waals surface area (Å²) < 4.78 is 1.86. The van der Waals surface area contributed by atoms with E-state index in [0.29, 0.717) is 17.3 Å². The van der Waals surface area contributed by atoms with Crippen LogP contribution in [-0.2, 0) is 12.8 Å². The van der Waals surface area contributed by atoms with E-state index in [0.717, 1.165) is 21.6 Å². The molecule has 3 heterocycles. The molecule has 0 saturated heterocycles. The zero-order chi connectivity index (χ0) is 18.6. The Hall–Kier alpha value is -3.26. The van der Waals surface area contributed by atoms with Gasteiger partial charge in [-0.15, -0.1) is 10.2 Å². The van der Waals surface area contributed by atoms with Crippen molar-refractivity contribution < 1.29 is 4.79 Å². The first-order valence-electron chi connectivity index (χ1n) is 8.28. The lowest BCUT2D eigenvalue weighted by atomic mass is 10.2. The first kappa shape index (κ1) is 17.2. The van der Waals surface area contributed by atoms with Crippen molar-refractivity contribution in [2.45, 2.75) is 10.9 Å². The van der Waals surface area contributed by atoms with Gasteiger partial charge in [-0.3, -0.25) is 4.79 Å². The lowest BCUT2D eigenvalue weighted by Gasteiger charge is -2.07. The molecule has 8 heteroatoms. The monoisotopic (exact) mass is 376 g/mol. The molecule has 0 atom stereocenters. The molecule has 0 aliphatic heterocycles. The van der Waals surface area contributed by atoms with Gasteiger partial charge in [0.1, 0.15) is 17.8 Å². The summed E-state index contributed by atoms with van der Waals surface area (Å²) in [6.45, 7) is 0. The fourth-order valence-electron chi connectivity index (χ4n) is 2.56. The molecular formula is C19H16N6OS. The van der Waals surface area contributed by atoms with Crippen LogP contribution >= 0.6 is 11.8 Å². The highest BCUT2D eigenvalue weighted by Gasteiger charge is 2.10. The number of nitrogens with zero attached hydrogens (tertiary/aromatic N) is 5. The Kier molecular flexibility index (Phi) is 4.80. The number of aromatic nitrogens is 5. The molecule has 1 amide bonds. The summed E-state index contributed by atoms with van der Waals surface area (Å²) in [6, 6.07) is 15.0. The van der Waals surface area contributed by atoms with E-state index >= 15 is 0 Å². The number of para-hydroxylation sites is 1. The number of pyridine rings is 2. The van der Waals surface area contributed by atoms with Gasteiger partial charge < -0.3 is 9.88 Å². The average Bonchev–Trinajstić information content (AvgIpc) is 3.11. The number of hydrogen-bond acceptors (Lipinski definition) is 6. The molecule has 0 spiro atoms.